The summed E-state index contributed by atoms with van der Waals surface area (Å²) < 4.78 is 1.02. The maximum absolute atomic E-state index is 4.23. The lowest BCUT2D eigenvalue weighted by Crippen LogP contribution is -1.91. The zero-order valence-electron chi connectivity index (χ0n) is 6.19. The van der Waals surface area contributed by atoms with Gasteiger partial charge in [0.15, 0.2) is 0 Å². The SMILES string of the molecule is CC(C)c1nc[nH]c1CI. The molecule has 0 spiro atoms. The van der Waals surface area contributed by atoms with Crippen LogP contribution in [-0.4, -0.2) is 9.97 Å². The summed E-state index contributed by atoms with van der Waals surface area (Å²) in [4.78, 5) is 7.34. The van der Waals surface area contributed by atoms with E-state index in [-0.39, 0.29) is 0 Å². The summed E-state index contributed by atoms with van der Waals surface area (Å²) in [6.07, 6.45) is 1.77. The topological polar surface area (TPSA) is 28.7 Å². The Labute approximate surface area is 74.6 Å². The fourth-order valence-corrected chi connectivity index (χ4v) is 1.55. The number of nitrogens with one attached hydrogen (secondary N) is 1. The van der Waals surface area contributed by atoms with Crippen LogP contribution in [0.2, 0.25) is 0 Å². The van der Waals surface area contributed by atoms with E-state index in [1.54, 1.807) is 6.33 Å². The molecule has 3 heteroatoms. The number of aromatic nitrogens is 2. The van der Waals surface area contributed by atoms with Gasteiger partial charge in [0.05, 0.1) is 12.0 Å². The Morgan fingerprint density at radius 1 is 1.70 bits per heavy atom. The summed E-state index contributed by atoms with van der Waals surface area (Å²) >= 11 is 2.34. The Balaban J connectivity index is 2.90. The molecule has 1 N–H and O–H groups in total. The molecule has 0 amide bonds. The number of H-pyrrole nitrogens is 1. The molecule has 0 aliphatic carbocycles. The van der Waals surface area contributed by atoms with Crippen LogP contribution in [0.3, 0.4) is 0 Å². The first kappa shape index (κ1) is 8.04. The van der Waals surface area contributed by atoms with E-state index in [0.29, 0.717) is 5.92 Å². The molecule has 1 rings (SSSR count). The zero-order valence-corrected chi connectivity index (χ0v) is 8.34. The Morgan fingerprint density at radius 2 is 2.40 bits per heavy atom. The third kappa shape index (κ3) is 1.51. The molecule has 0 radical (unpaired) electrons. The molecule has 0 fully saturated rings. The van der Waals surface area contributed by atoms with Gasteiger partial charge in [0.25, 0.3) is 0 Å². The molecule has 0 atom stereocenters. The van der Waals surface area contributed by atoms with E-state index in [2.05, 4.69) is 46.4 Å². The second-order valence-electron chi connectivity index (χ2n) is 2.55. The minimum Gasteiger partial charge on any atom is -0.348 e. The fraction of sp³-hybridized carbons (Fsp3) is 0.571. The van der Waals surface area contributed by atoms with Crippen molar-refractivity contribution in [3.05, 3.63) is 17.7 Å². The van der Waals surface area contributed by atoms with Crippen molar-refractivity contribution >= 4 is 22.6 Å². The average molecular weight is 250 g/mol. The Morgan fingerprint density at radius 3 is 2.80 bits per heavy atom. The van der Waals surface area contributed by atoms with Gasteiger partial charge in [-0.3, -0.25) is 0 Å². The number of halogens is 1. The molecule has 0 aliphatic heterocycles. The minimum atomic E-state index is 0.538. The van der Waals surface area contributed by atoms with Crippen molar-refractivity contribution in [2.45, 2.75) is 24.2 Å². The first-order chi connectivity index (χ1) is 4.75. The highest BCUT2D eigenvalue weighted by Crippen LogP contribution is 2.16. The van der Waals surface area contributed by atoms with Crippen LogP contribution < -0.4 is 0 Å². The maximum Gasteiger partial charge on any atom is 0.0925 e. The van der Waals surface area contributed by atoms with Gasteiger partial charge in [-0.2, -0.15) is 0 Å². The maximum atomic E-state index is 4.23. The lowest BCUT2D eigenvalue weighted by atomic mass is 10.1. The molecule has 1 aromatic rings. The van der Waals surface area contributed by atoms with Crippen LogP contribution in [-0.2, 0) is 4.43 Å². The van der Waals surface area contributed by atoms with Gasteiger partial charge >= 0.3 is 0 Å². The van der Waals surface area contributed by atoms with E-state index in [1.807, 2.05) is 0 Å². The van der Waals surface area contributed by atoms with Gasteiger partial charge in [0.2, 0.25) is 0 Å². The van der Waals surface area contributed by atoms with Crippen LogP contribution in [0.4, 0.5) is 0 Å². The molecule has 0 saturated heterocycles. The van der Waals surface area contributed by atoms with Crippen molar-refractivity contribution < 1.29 is 0 Å². The molecule has 0 bridgehead atoms. The largest absolute Gasteiger partial charge is 0.348 e. The van der Waals surface area contributed by atoms with E-state index in [1.165, 1.54) is 11.4 Å². The number of rotatable bonds is 2. The normalized spacial score (nSPS) is 10.8. The predicted molar refractivity (Wildman–Crippen MR) is 50.4 cm³/mol. The average Bonchev–Trinajstić information content (AvgIpc) is 2.33. The first-order valence-corrected chi connectivity index (χ1v) is 4.86. The van der Waals surface area contributed by atoms with Gasteiger partial charge < -0.3 is 4.98 Å². The molecular weight excluding hydrogens is 239 g/mol. The summed E-state index contributed by atoms with van der Waals surface area (Å²) in [5.74, 6) is 0.538. The highest BCUT2D eigenvalue weighted by Gasteiger charge is 2.06. The zero-order chi connectivity index (χ0) is 7.56. The summed E-state index contributed by atoms with van der Waals surface area (Å²) in [6, 6.07) is 0. The van der Waals surface area contributed by atoms with Gasteiger partial charge in [0, 0.05) is 10.1 Å². The standard InChI is InChI=1S/C7H11IN2/c1-5(2)7-6(3-8)9-4-10-7/h4-5H,3H2,1-2H3,(H,9,10). The van der Waals surface area contributed by atoms with Crippen LogP contribution in [0.25, 0.3) is 0 Å². The van der Waals surface area contributed by atoms with Crippen molar-refractivity contribution in [3.8, 4) is 0 Å². The molecule has 0 unspecified atom stereocenters. The van der Waals surface area contributed by atoms with E-state index in [9.17, 15) is 0 Å². The molecule has 0 aliphatic rings. The lowest BCUT2D eigenvalue weighted by molar-refractivity contribution is 0.821. The number of hydrogen-bond acceptors (Lipinski definition) is 1. The summed E-state index contributed by atoms with van der Waals surface area (Å²) in [5.41, 5.74) is 2.46. The quantitative estimate of drug-likeness (QED) is 0.633. The third-order valence-electron chi connectivity index (χ3n) is 1.43. The van der Waals surface area contributed by atoms with Gasteiger partial charge in [0.1, 0.15) is 0 Å². The van der Waals surface area contributed by atoms with E-state index < -0.39 is 0 Å². The van der Waals surface area contributed by atoms with Crippen LogP contribution in [0, 0.1) is 0 Å². The van der Waals surface area contributed by atoms with Crippen LogP contribution in [0.15, 0.2) is 6.33 Å². The van der Waals surface area contributed by atoms with Gasteiger partial charge in [-0.25, -0.2) is 4.98 Å². The number of nitrogens with zero attached hydrogens (tertiary/aromatic N) is 1. The van der Waals surface area contributed by atoms with Crippen molar-refractivity contribution in [2.75, 3.05) is 0 Å². The summed E-state index contributed by atoms with van der Waals surface area (Å²) in [6.45, 7) is 4.32. The molecule has 0 saturated carbocycles. The molecule has 0 aromatic carbocycles. The van der Waals surface area contributed by atoms with Crippen molar-refractivity contribution in [1.29, 1.82) is 0 Å². The number of hydrogen-bond donors (Lipinski definition) is 1. The smallest absolute Gasteiger partial charge is 0.0925 e. The highest BCUT2D eigenvalue weighted by atomic mass is 127. The molecule has 2 nitrogen and oxygen atoms in total. The molecule has 1 heterocycles. The molecule has 10 heavy (non-hydrogen) atoms. The number of alkyl halides is 1. The van der Waals surface area contributed by atoms with Gasteiger partial charge in [-0.15, -0.1) is 0 Å². The van der Waals surface area contributed by atoms with E-state index >= 15 is 0 Å². The van der Waals surface area contributed by atoms with Crippen molar-refractivity contribution in [2.24, 2.45) is 0 Å². The van der Waals surface area contributed by atoms with Gasteiger partial charge in [-0.1, -0.05) is 36.4 Å². The lowest BCUT2D eigenvalue weighted by Gasteiger charge is -2.01. The number of imidazole rings is 1. The summed E-state index contributed by atoms with van der Waals surface area (Å²) in [5, 5.41) is 0. The second kappa shape index (κ2) is 3.37. The Hall–Kier alpha value is -0.0600. The van der Waals surface area contributed by atoms with Crippen LogP contribution in [0.5, 0.6) is 0 Å². The van der Waals surface area contributed by atoms with Crippen molar-refractivity contribution in [1.82, 2.24) is 9.97 Å². The van der Waals surface area contributed by atoms with E-state index in [0.717, 1.165) is 4.43 Å². The second-order valence-corrected chi connectivity index (χ2v) is 3.32. The molecule has 56 valence electrons. The first-order valence-electron chi connectivity index (χ1n) is 3.33. The minimum absolute atomic E-state index is 0.538. The Bertz CT molecular complexity index is 205. The summed E-state index contributed by atoms with van der Waals surface area (Å²) in [7, 11) is 0. The van der Waals surface area contributed by atoms with Gasteiger partial charge in [-0.05, 0) is 5.92 Å². The fourth-order valence-electron chi connectivity index (χ4n) is 0.936. The van der Waals surface area contributed by atoms with Crippen LogP contribution in [0.1, 0.15) is 31.2 Å². The number of aromatic amines is 1. The predicted octanol–water partition coefficient (Wildman–Crippen LogP) is 2.47. The molecule has 1 aromatic heterocycles. The van der Waals surface area contributed by atoms with E-state index in [4.69, 9.17) is 0 Å². The monoisotopic (exact) mass is 250 g/mol. The Kier molecular flexibility index (Phi) is 2.71. The third-order valence-corrected chi connectivity index (χ3v) is 2.19. The van der Waals surface area contributed by atoms with Crippen LogP contribution >= 0.6 is 22.6 Å². The molecular formula is C7H11IN2. The highest BCUT2D eigenvalue weighted by molar-refractivity contribution is 14.1. The van der Waals surface area contributed by atoms with Crippen molar-refractivity contribution in [3.63, 3.8) is 0 Å².